The van der Waals surface area contributed by atoms with Crippen LogP contribution >= 0.6 is 0 Å². The summed E-state index contributed by atoms with van der Waals surface area (Å²) in [6.45, 7) is 4.46. The normalized spacial score (nSPS) is 7.71. The summed E-state index contributed by atoms with van der Waals surface area (Å²) >= 11 is 0. The average molecular weight is 97.2 g/mol. The van der Waals surface area contributed by atoms with E-state index in [1.807, 2.05) is 0 Å². The molecule has 0 rings (SSSR count). The van der Waals surface area contributed by atoms with Crippen LogP contribution in [-0.4, -0.2) is 10.1 Å². The molecule has 0 spiro atoms. The molecule has 0 bridgehead atoms. The molecule has 0 aromatic heterocycles. The second kappa shape index (κ2) is 9.48. The van der Waals surface area contributed by atoms with Gasteiger partial charge in [0.2, 0.25) is 0 Å². The Bertz CT molecular complexity index is 16.1. The van der Waals surface area contributed by atoms with Gasteiger partial charge in [0, 0.05) is 0 Å². The van der Waals surface area contributed by atoms with E-state index >= 15 is 0 Å². The molecule has 0 nitrogen and oxygen atoms in total. The quantitative estimate of drug-likeness (QED) is 0.371. The third-order valence-electron chi connectivity index (χ3n) is 0.957. The van der Waals surface area contributed by atoms with E-state index in [9.17, 15) is 0 Å². The molecule has 0 amide bonds. The third kappa shape index (κ3) is 10.7. The molecule has 0 aliphatic rings. The Morgan fingerprint density at radius 2 is 1.14 bits per heavy atom. The van der Waals surface area contributed by atoms with Crippen LogP contribution in [0.3, 0.4) is 0 Å². The zero-order valence-corrected chi connectivity index (χ0v) is 4.83. The fourth-order valence-corrected chi connectivity index (χ4v) is 0.500. The fraction of sp³-hybridized carbons (Fsp3) is 1.00. The van der Waals surface area contributed by atoms with Gasteiger partial charge in [-0.3, -0.25) is 0 Å². The number of hydrogen-bond acceptors (Lipinski definition) is 0. The van der Waals surface area contributed by atoms with Crippen LogP contribution in [0.15, 0.2) is 0 Å². The summed E-state index contributed by atoms with van der Waals surface area (Å²) in [5.74, 6) is 0. The summed E-state index contributed by atoms with van der Waals surface area (Å²) in [6.07, 6.45) is 5.54. The first-order valence-electron chi connectivity index (χ1n) is 2.91. The van der Waals surface area contributed by atoms with Crippen LogP contribution in [0.4, 0.5) is 0 Å². The maximum absolute atomic E-state index is 2.23. The van der Waals surface area contributed by atoms with Crippen molar-refractivity contribution < 1.29 is 0 Å². The first-order chi connectivity index (χ1) is 2.91. The van der Waals surface area contributed by atoms with Crippen molar-refractivity contribution >= 4 is 10.1 Å². The Morgan fingerprint density at radius 3 is 1.29 bits per heavy atom. The maximum atomic E-state index is 2.23. The van der Waals surface area contributed by atoms with Crippen LogP contribution < -0.4 is 0 Å². The SMILES string of the molecule is CCCCCC.[BeH2]. The first kappa shape index (κ1) is 10.2. The standard InChI is InChI=1S/C6H14.Be.2H/c1-3-5-6-4-2;;;/h3-6H2,1-2H3;;;. The molecular weight excluding hydrogens is 81.1 g/mol. The molecule has 0 aliphatic carbocycles. The van der Waals surface area contributed by atoms with Gasteiger partial charge >= 0.3 is 10.1 Å². The van der Waals surface area contributed by atoms with E-state index < -0.39 is 0 Å². The molecule has 0 saturated heterocycles. The van der Waals surface area contributed by atoms with Gasteiger partial charge in [0.1, 0.15) is 0 Å². The molecule has 42 valence electrons. The topological polar surface area (TPSA) is 0 Å². The van der Waals surface area contributed by atoms with Crippen molar-refractivity contribution in [2.45, 2.75) is 39.5 Å². The summed E-state index contributed by atoms with van der Waals surface area (Å²) in [5, 5.41) is 0. The molecule has 7 heavy (non-hydrogen) atoms. The molecule has 0 fully saturated rings. The second-order valence-corrected chi connectivity index (χ2v) is 1.71. The van der Waals surface area contributed by atoms with Crippen molar-refractivity contribution in [2.75, 3.05) is 0 Å². The van der Waals surface area contributed by atoms with Crippen LogP contribution in [0.5, 0.6) is 0 Å². The Hall–Kier alpha value is 0.169. The minimum absolute atomic E-state index is 0. The van der Waals surface area contributed by atoms with Gasteiger partial charge < -0.3 is 0 Å². The van der Waals surface area contributed by atoms with Crippen molar-refractivity contribution in [1.82, 2.24) is 0 Å². The molecular formula is C6H16Be. The van der Waals surface area contributed by atoms with Gasteiger partial charge in [0.25, 0.3) is 0 Å². The van der Waals surface area contributed by atoms with Crippen molar-refractivity contribution in [3.8, 4) is 0 Å². The molecule has 0 N–H and O–H groups in total. The van der Waals surface area contributed by atoms with Crippen molar-refractivity contribution in [3.63, 3.8) is 0 Å². The molecule has 0 aliphatic heterocycles. The monoisotopic (exact) mass is 97.1 g/mol. The predicted molar refractivity (Wildman–Crippen MR) is 38.4 cm³/mol. The van der Waals surface area contributed by atoms with E-state index in [2.05, 4.69) is 13.8 Å². The molecule has 0 unspecified atom stereocenters. The van der Waals surface area contributed by atoms with E-state index in [0.717, 1.165) is 0 Å². The fourth-order valence-electron chi connectivity index (χ4n) is 0.500. The van der Waals surface area contributed by atoms with Crippen LogP contribution in [0.2, 0.25) is 0 Å². The third-order valence-corrected chi connectivity index (χ3v) is 0.957. The van der Waals surface area contributed by atoms with E-state index in [4.69, 9.17) is 0 Å². The predicted octanol–water partition coefficient (Wildman–Crippen LogP) is 1.67. The van der Waals surface area contributed by atoms with Crippen LogP contribution in [-0.2, 0) is 0 Å². The Balaban J connectivity index is 0. The van der Waals surface area contributed by atoms with E-state index in [0.29, 0.717) is 0 Å². The summed E-state index contributed by atoms with van der Waals surface area (Å²) < 4.78 is 0. The molecule has 0 radical (unpaired) electrons. The van der Waals surface area contributed by atoms with Crippen LogP contribution in [0, 0.1) is 0 Å². The van der Waals surface area contributed by atoms with Crippen molar-refractivity contribution in [2.24, 2.45) is 0 Å². The molecule has 0 aromatic rings. The van der Waals surface area contributed by atoms with Gasteiger partial charge in [-0.15, -0.1) is 0 Å². The number of hydrogen-bond donors (Lipinski definition) is 0. The minimum atomic E-state index is 0. The average Bonchev–Trinajstić information content (AvgIpc) is 1.61. The summed E-state index contributed by atoms with van der Waals surface area (Å²) in [5.41, 5.74) is 0. The zero-order chi connectivity index (χ0) is 4.83. The molecule has 0 atom stereocenters. The van der Waals surface area contributed by atoms with Gasteiger partial charge in [-0.2, -0.15) is 0 Å². The van der Waals surface area contributed by atoms with E-state index in [1.165, 1.54) is 25.7 Å². The molecule has 0 heterocycles. The summed E-state index contributed by atoms with van der Waals surface area (Å²) in [4.78, 5) is 0. The van der Waals surface area contributed by atoms with Gasteiger partial charge in [0.15, 0.2) is 0 Å². The first-order valence-corrected chi connectivity index (χ1v) is 2.91. The van der Waals surface area contributed by atoms with Crippen molar-refractivity contribution in [3.05, 3.63) is 0 Å². The Kier molecular flexibility index (Phi) is 13.8. The van der Waals surface area contributed by atoms with Gasteiger partial charge in [0.05, 0.1) is 0 Å². The van der Waals surface area contributed by atoms with E-state index in [-0.39, 0.29) is 10.1 Å². The van der Waals surface area contributed by atoms with Crippen molar-refractivity contribution in [1.29, 1.82) is 0 Å². The van der Waals surface area contributed by atoms with E-state index in [1.54, 1.807) is 0 Å². The molecule has 0 aromatic carbocycles. The van der Waals surface area contributed by atoms with Gasteiger partial charge in [-0.1, -0.05) is 39.5 Å². The Labute approximate surface area is 50.5 Å². The zero-order valence-electron chi connectivity index (χ0n) is 4.83. The summed E-state index contributed by atoms with van der Waals surface area (Å²) in [6, 6.07) is 0. The molecule has 0 saturated carbocycles. The second-order valence-electron chi connectivity index (χ2n) is 1.71. The summed E-state index contributed by atoms with van der Waals surface area (Å²) in [7, 11) is 0. The van der Waals surface area contributed by atoms with Crippen LogP contribution in [0.1, 0.15) is 39.5 Å². The van der Waals surface area contributed by atoms with Gasteiger partial charge in [-0.05, 0) is 0 Å². The number of rotatable bonds is 3. The van der Waals surface area contributed by atoms with Gasteiger partial charge in [-0.25, -0.2) is 0 Å². The van der Waals surface area contributed by atoms with Crippen LogP contribution in [0.25, 0.3) is 0 Å². The number of unbranched alkanes of at least 4 members (excludes halogenated alkanes) is 3. The molecule has 1 heteroatoms. The Morgan fingerprint density at radius 1 is 0.857 bits per heavy atom.